The minimum absolute atomic E-state index is 0.122. The highest BCUT2D eigenvalue weighted by molar-refractivity contribution is 5.69. The van der Waals surface area contributed by atoms with Crippen molar-refractivity contribution < 1.29 is 19.4 Å². The number of aliphatic carboxylic acids is 1. The Hall–Kier alpha value is -1.06. The molecule has 0 spiro atoms. The zero-order chi connectivity index (χ0) is 11.0. The summed E-state index contributed by atoms with van der Waals surface area (Å²) in [5.41, 5.74) is 0. The second-order valence-corrected chi connectivity index (χ2v) is 3.68. The predicted octanol–water partition coefficient (Wildman–Crippen LogP) is 1.83. The van der Waals surface area contributed by atoms with Crippen molar-refractivity contribution in [3.8, 4) is 0 Å². The largest absolute Gasteiger partial charge is 0.481 e. The van der Waals surface area contributed by atoms with Crippen LogP contribution in [0.5, 0.6) is 0 Å². The number of hydrogen-bond acceptors (Lipinski definition) is 3. The van der Waals surface area contributed by atoms with Gasteiger partial charge in [0.15, 0.2) is 0 Å². The van der Waals surface area contributed by atoms with Crippen LogP contribution in [-0.2, 0) is 14.3 Å². The third-order valence-corrected chi connectivity index (χ3v) is 1.60. The summed E-state index contributed by atoms with van der Waals surface area (Å²) < 4.78 is 4.92. The van der Waals surface area contributed by atoms with Crippen LogP contribution in [0.2, 0.25) is 0 Å². The molecule has 0 saturated carbocycles. The molecule has 0 aromatic heterocycles. The number of carbonyl (C=O) groups excluding carboxylic acids is 1. The minimum atomic E-state index is -0.819. The van der Waals surface area contributed by atoms with Gasteiger partial charge < -0.3 is 9.84 Å². The van der Waals surface area contributed by atoms with Crippen LogP contribution in [-0.4, -0.2) is 23.7 Å². The maximum absolute atomic E-state index is 11.0. The van der Waals surface area contributed by atoms with E-state index in [1.807, 2.05) is 13.8 Å². The summed E-state index contributed by atoms with van der Waals surface area (Å²) in [5.74, 6) is -0.706. The lowest BCUT2D eigenvalue weighted by molar-refractivity contribution is -0.145. The Morgan fingerprint density at radius 3 is 2.29 bits per heavy atom. The van der Waals surface area contributed by atoms with Crippen molar-refractivity contribution in [1.29, 1.82) is 0 Å². The molecule has 0 unspecified atom stereocenters. The average molecular weight is 202 g/mol. The van der Waals surface area contributed by atoms with Gasteiger partial charge >= 0.3 is 11.9 Å². The first kappa shape index (κ1) is 12.9. The average Bonchev–Trinajstić information content (AvgIpc) is 2.08. The van der Waals surface area contributed by atoms with Crippen LogP contribution in [0.15, 0.2) is 0 Å². The van der Waals surface area contributed by atoms with Crippen LogP contribution in [0.4, 0.5) is 0 Å². The highest BCUT2D eigenvalue weighted by Gasteiger charge is 2.04. The molecule has 0 aliphatic heterocycles. The van der Waals surface area contributed by atoms with E-state index < -0.39 is 5.97 Å². The Labute approximate surface area is 84.3 Å². The van der Waals surface area contributed by atoms with Gasteiger partial charge in [0.2, 0.25) is 0 Å². The van der Waals surface area contributed by atoms with Gasteiger partial charge in [0.05, 0.1) is 6.61 Å². The van der Waals surface area contributed by atoms with Crippen LogP contribution in [0.1, 0.15) is 39.5 Å². The van der Waals surface area contributed by atoms with Gasteiger partial charge in [0, 0.05) is 12.8 Å². The molecule has 0 amide bonds. The third-order valence-electron chi connectivity index (χ3n) is 1.60. The Morgan fingerprint density at radius 2 is 1.79 bits per heavy atom. The topological polar surface area (TPSA) is 63.6 Å². The van der Waals surface area contributed by atoms with E-state index in [-0.39, 0.29) is 12.4 Å². The molecule has 1 N–H and O–H groups in total. The number of rotatable bonds is 7. The maximum Gasteiger partial charge on any atom is 0.305 e. The number of ether oxygens (including phenoxy) is 1. The lowest BCUT2D eigenvalue weighted by Crippen LogP contribution is -2.09. The molecule has 0 saturated heterocycles. The zero-order valence-electron chi connectivity index (χ0n) is 8.78. The first-order chi connectivity index (χ1) is 6.52. The van der Waals surface area contributed by atoms with E-state index in [0.717, 1.165) is 0 Å². The Bertz CT molecular complexity index is 187. The smallest absolute Gasteiger partial charge is 0.305 e. The van der Waals surface area contributed by atoms with Gasteiger partial charge in [-0.3, -0.25) is 9.59 Å². The van der Waals surface area contributed by atoms with E-state index in [2.05, 4.69) is 0 Å². The quantitative estimate of drug-likeness (QED) is 0.505. The van der Waals surface area contributed by atoms with Gasteiger partial charge in [-0.05, 0) is 18.8 Å². The highest BCUT2D eigenvalue weighted by atomic mass is 16.5. The van der Waals surface area contributed by atoms with Gasteiger partial charge in [-0.2, -0.15) is 0 Å². The lowest BCUT2D eigenvalue weighted by atomic mass is 10.2. The molecule has 0 aromatic carbocycles. The monoisotopic (exact) mass is 202 g/mol. The molecule has 0 atom stereocenters. The summed E-state index contributed by atoms with van der Waals surface area (Å²) in [4.78, 5) is 21.2. The van der Waals surface area contributed by atoms with Crippen LogP contribution >= 0.6 is 0 Å². The second-order valence-electron chi connectivity index (χ2n) is 3.68. The summed E-state index contributed by atoms with van der Waals surface area (Å²) in [6, 6.07) is 0. The van der Waals surface area contributed by atoms with Crippen molar-refractivity contribution >= 4 is 11.9 Å². The highest BCUT2D eigenvalue weighted by Crippen LogP contribution is 2.02. The molecule has 4 heteroatoms. The fraction of sp³-hybridized carbons (Fsp3) is 0.800. The number of hydrogen-bond donors (Lipinski definition) is 1. The molecule has 0 aliphatic rings. The van der Waals surface area contributed by atoms with Crippen LogP contribution in [0.3, 0.4) is 0 Å². The summed E-state index contributed by atoms with van der Waals surface area (Å²) in [6.45, 7) is 4.38. The number of unbranched alkanes of at least 4 members (excludes halogenated alkanes) is 1. The molecule has 0 bridgehead atoms. The predicted molar refractivity (Wildman–Crippen MR) is 51.9 cm³/mol. The van der Waals surface area contributed by atoms with E-state index in [1.54, 1.807) is 0 Å². The molecule has 0 aliphatic carbocycles. The van der Waals surface area contributed by atoms with Gasteiger partial charge in [-0.1, -0.05) is 13.8 Å². The lowest BCUT2D eigenvalue weighted by Gasteiger charge is -2.06. The number of carbonyl (C=O) groups is 2. The van der Waals surface area contributed by atoms with Crippen LogP contribution in [0, 0.1) is 5.92 Å². The summed E-state index contributed by atoms with van der Waals surface area (Å²) >= 11 is 0. The molecule has 0 aromatic rings. The van der Waals surface area contributed by atoms with Crippen molar-refractivity contribution in [3.63, 3.8) is 0 Å². The van der Waals surface area contributed by atoms with Gasteiger partial charge in [-0.25, -0.2) is 0 Å². The summed E-state index contributed by atoms with van der Waals surface area (Å²) in [7, 11) is 0. The standard InChI is InChI=1S/C10H18O4/c1-8(2)7-14-10(13)6-4-3-5-9(11)12/h8H,3-7H2,1-2H3,(H,11,12). The van der Waals surface area contributed by atoms with Crippen LogP contribution < -0.4 is 0 Å². The number of carboxylic acids is 1. The van der Waals surface area contributed by atoms with Gasteiger partial charge in [-0.15, -0.1) is 0 Å². The number of esters is 1. The van der Waals surface area contributed by atoms with E-state index in [0.29, 0.717) is 31.8 Å². The second kappa shape index (κ2) is 7.35. The molecule has 0 fully saturated rings. The first-order valence-corrected chi connectivity index (χ1v) is 4.89. The molecule has 4 nitrogen and oxygen atoms in total. The molecule has 0 radical (unpaired) electrons. The maximum atomic E-state index is 11.0. The molecule has 14 heavy (non-hydrogen) atoms. The van der Waals surface area contributed by atoms with E-state index in [1.165, 1.54) is 0 Å². The Kier molecular flexibility index (Phi) is 6.80. The van der Waals surface area contributed by atoms with Gasteiger partial charge in [0.25, 0.3) is 0 Å². The fourth-order valence-electron chi connectivity index (χ4n) is 0.877. The third kappa shape index (κ3) is 9.03. The minimum Gasteiger partial charge on any atom is -0.481 e. The Balaban J connectivity index is 3.31. The van der Waals surface area contributed by atoms with E-state index in [9.17, 15) is 9.59 Å². The number of carboxylic acid groups (broad SMARTS) is 1. The molecule has 0 rings (SSSR count). The molecule has 0 heterocycles. The normalized spacial score (nSPS) is 10.2. The first-order valence-electron chi connectivity index (χ1n) is 4.89. The zero-order valence-corrected chi connectivity index (χ0v) is 8.78. The summed E-state index contributed by atoms with van der Waals surface area (Å²) in [5, 5.41) is 8.34. The molecule has 82 valence electrons. The van der Waals surface area contributed by atoms with E-state index in [4.69, 9.17) is 9.84 Å². The SMILES string of the molecule is CC(C)COC(=O)CCCCC(=O)O. The van der Waals surface area contributed by atoms with Crippen molar-refractivity contribution in [1.82, 2.24) is 0 Å². The van der Waals surface area contributed by atoms with E-state index >= 15 is 0 Å². The molecular formula is C10H18O4. The Morgan fingerprint density at radius 1 is 1.21 bits per heavy atom. The van der Waals surface area contributed by atoms with Gasteiger partial charge in [0.1, 0.15) is 0 Å². The van der Waals surface area contributed by atoms with Crippen molar-refractivity contribution in [2.75, 3.05) is 6.61 Å². The van der Waals surface area contributed by atoms with Crippen LogP contribution in [0.25, 0.3) is 0 Å². The van der Waals surface area contributed by atoms with Crippen molar-refractivity contribution in [2.45, 2.75) is 39.5 Å². The summed E-state index contributed by atoms with van der Waals surface area (Å²) in [6.07, 6.45) is 1.56. The fourth-order valence-corrected chi connectivity index (χ4v) is 0.877. The molecular weight excluding hydrogens is 184 g/mol. The van der Waals surface area contributed by atoms with Crippen molar-refractivity contribution in [2.24, 2.45) is 5.92 Å². The van der Waals surface area contributed by atoms with Crippen molar-refractivity contribution in [3.05, 3.63) is 0 Å².